The van der Waals surface area contributed by atoms with Gasteiger partial charge in [0.25, 0.3) is 0 Å². The van der Waals surface area contributed by atoms with E-state index in [0.29, 0.717) is 0 Å². The van der Waals surface area contributed by atoms with E-state index in [1.807, 2.05) is 25.2 Å². The molecule has 0 aromatic carbocycles. The molecular weight excluding hydrogens is 348 g/mol. The average Bonchev–Trinajstić information content (AvgIpc) is 2.02. The largest absolute Gasteiger partial charge is 0.0979 e. The Labute approximate surface area is 98.5 Å². The summed E-state index contributed by atoms with van der Waals surface area (Å²) in [7, 11) is 0. The summed E-state index contributed by atoms with van der Waals surface area (Å²) in [5, 5.41) is 0. The van der Waals surface area contributed by atoms with Crippen molar-refractivity contribution in [3.05, 3.63) is 44.3 Å². The zero-order valence-corrected chi connectivity index (χ0v) is 11.4. The normalized spacial score (nSPS) is 12.7. The summed E-state index contributed by atoms with van der Waals surface area (Å²) >= 11 is 9.94. The summed E-state index contributed by atoms with van der Waals surface area (Å²) in [5.41, 5.74) is 1.10. The van der Waals surface area contributed by atoms with Gasteiger partial charge in [-0.2, -0.15) is 0 Å². The molecule has 0 heterocycles. The third kappa shape index (κ3) is 5.98. The highest BCUT2D eigenvalue weighted by Crippen LogP contribution is 2.19. The fourth-order valence-electron chi connectivity index (χ4n) is 0.552. The molecule has 0 aliphatic rings. The minimum atomic E-state index is 0.920. The van der Waals surface area contributed by atoms with Crippen molar-refractivity contribution >= 4 is 47.8 Å². The molecule has 0 atom stereocenters. The van der Waals surface area contributed by atoms with Crippen LogP contribution >= 0.6 is 47.8 Å². The van der Waals surface area contributed by atoms with Gasteiger partial charge in [-0.15, -0.1) is 0 Å². The molecule has 66 valence electrons. The van der Waals surface area contributed by atoms with Gasteiger partial charge in [0.2, 0.25) is 0 Å². The Balaban J connectivity index is 4.62. The van der Waals surface area contributed by atoms with Crippen LogP contribution in [0.1, 0.15) is 6.92 Å². The van der Waals surface area contributed by atoms with Gasteiger partial charge < -0.3 is 0 Å². The van der Waals surface area contributed by atoms with Crippen molar-refractivity contribution in [2.45, 2.75) is 6.92 Å². The van der Waals surface area contributed by atoms with Gasteiger partial charge in [-0.1, -0.05) is 34.7 Å². The van der Waals surface area contributed by atoms with Crippen LogP contribution in [0.3, 0.4) is 0 Å². The third-order valence-electron chi connectivity index (χ3n) is 1.11. The molecule has 0 N–H and O–H groups in total. The molecule has 0 amide bonds. The third-order valence-corrected chi connectivity index (χ3v) is 2.12. The van der Waals surface area contributed by atoms with Crippen LogP contribution in [0.2, 0.25) is 0 Å². The first-order chi connectivity index (χ1) is 5.60. The van der Waals surface area contributed by atoms with E-state index in [0.717, 1.165) is 13.4 Å². The number of halogens is 3. The summed E-state index contributed by atoms with van der Waals surface area (Å²) in [6, 6.07) is 0. The van der Waals surface area contributed by atoms with Crippen molar-refractivity contribution < 1.29 is 0 Å². The van der Waals surface area contributed by atoms with Crippen LogP contribution in [0.25, 0.3) is 0 Å². The first-order valence-corrected chi connectivity index (χ1v) is 5.66. The van der Waals surface area contributed by atoms with Gasteiger partial charge in [0.15, 0.2) is 0 Å². The Morgan fingerprint density at radius 2 is 1.75 bits per heavy atom. The van der Waals surface area contributed by atoms with Crippen molar-refractivity contribution in [3.8, 4) is 0 Å². The number of hydrogen-bond acceptors (Lipinski definition) is 0. The van der Waals surface area contributed by atoms with Gasteiger partial charge in [0, 0.05) is 4.48 Å². The molecule has 0 unspecified atom stereocenters. The molecule has 0 saturated heterocycles. The highest BCUT2D eigenvalue weighted by atomic mass is 79.9. The second-order valence-electron chi connectivity index (χ2n) is 1.96. The highest BCUT2D eigenvalue weighted by Gasteiger charge is 1.89. The summed E-state index contributed by atoms with van der Waals surface area (Å²) < 4.78 is 1.89. The summed E-state index contributed by atoms with van der Waals surface area (Å²) in [4.78, 5) is 0. The second kappa shape index (κ2) is 6.87. The quantitative estimate of drug-likeness (QED) is 0.622. The van der Waals surface area contributed by atoms with E-state index in [1.165, 1.54) is 0 Å². The van der Waals surface area contributed by atoms with Gasteiger partial charge in [-0.25, -0.2) is 0 Å². The fourth-order valence-corrected chi connectivity index (χ4v) is 1.35. The van der Waals surface area contributed by atoms with E-state index in [9.17, 15) is 0 Å². The van der Waals surface area contributed by atoms with Crippen molar-refractivity contribution in [1.29, 1.82) is 0 Å². The highest BCUT2D eigenvalue weighted by molar-refractivity contribution is 9.28. The molecule has 0 saturated carbocycles. The Hall–Kier alpha value is 0.400. The Kier molecular flexibility index (Phi) is 7.10. The molecule has 0 aliphatic heterocycles. The minimum absolute atomic E-state index is 0.920. The fraction of sp³-hybridized carbons (Fsp3) is 0.111. The smallest absolute Gasteiger partial charge is 0.0609 e. The maximum Gasteiger partial charge on any atom is 0.0609 e. The molecule has 0 radical (unpaired) electrons. The van der Waals surface area contributed by atoms with E-state index in [1.54, 1.807) is 6.08 Å². The molecule has 0 aliphatic carbocycles. The lowest BCUT2D eigenvalue weighted by atomic mass is 10.2. The number of hydrogen-bond donors (Lipinski definition) is 0. The Bertz CT molecular complexity index is 242. The van der Waals surface area contributed by atoms with Gasteiger partial charge in [-0.3, -0.25) is 0 Å². The molecule has 0 aromatic heterocycles. The zero-order chi connectivity index (χ0) is 9.56. The topological polar surface area (TPSA) is 0 Å². The van der Waals surface area contributed by atoms with Crippen LogP contribution in [0, 0.1) is 0 Å². The summed E-state index contributed by atoms with van der Waals surface area (Å²) in [5.74, 6) is 0. The Morgan fingerprint density at radius 1 is 1.17 bits per heavy atom. The van der Waals surface area contributed by atoms with Crippen LogP contribution in [0.4, 0.5) is 0 Å². The van der Waals surface area contributed by atoms with Crippen LogP contribution in [0.5, 0.6) is 0 Å². The Morgan fingerprint density at radius 3 is 2.08 bits per heavy atom. The standard InChI is InChI=1S/C9H9Br3/c1-3-7(6-9(11)12)5-8(10)4-2/h3-6H,2H2,1H3/b7-3+,8-5+. The van der Waals surface area contributed by atoms with E-state index in [2.05, 4.69) is 54.4 Å². The lowest BCUT2D eigenvalue weighted by Crippen LogP contribution is -1.71. The SMILES string of the molecule is C=C/C(Br)=C\C(C=C(Br)Br)=C/C. The van der Waals surface area contributed by atoms with Gasteiger partial charge in [-0.05, 0) is 56.5 Å². The molecule has 0 bridgehead atoms. The van der Waals surface area contributed by atoms with Crippen molar-refractivity contribution in [3.63, 3.8) is 0 Å². The van der Waals surface area contributed by atoms with E-state index < -0.39 is 0 Å². The lowest BCUT2D eigenvalue weighted by Gasteiger charge is -1.93. The van der Waals surface area contributed by atoms with Crippen LogP contribution in [-0.2, 0) is 0 Å². The molecule has 0 rings (SSSR count). The minimum Gasteiger partial charge on any atom is -0.0979 e. The zero-order valence-electron chi connectivity index (χ0n) is 6.65. The maximum absolute atomic E-state index is 3.64. The van der Waals surface area contributed by atoms with Crippen molar-refractivity contribution in [2.75, 3.05) is 0 Å². The monoisotopic (exact) mass is 354 g/mol. The van der Waals surface area contributed by atoms with Gasteiger partial charge in [0.1, 0.15) is 0 Å². The summed E-state index contributed by atoms with van der Waals surface area (Å²) in [6.45, 7) is 5.62. The number of allylic oxidation sites excluding steroid dienone is 6. The lowest BCUT2D eigenvalue weighted by molar-refractivity contribution is 1.60. The molecule has 12 heavy (non-hydrogen) atoms. The average molecular weight is 357 g/mol. The van der Waals surface area contributed by atoms with E-state index >= 15 is 0 Å². The van der Waals surface area contributed by atoms with Crippen molar-refractivity contribution in [2.24, 2.45) is 0 Å². The van der Waals surface area contributed by atoms with E-state index in [-0.39, 0.29) is 0 Å². The van der Waals surface area contributed by atoms with E-state index in [4.69, 9.17) is 0 Å². The van der Waals surface area contributed by atoms with Crippen molar-refractivity contribution in [1.82, 2.24) is 0 Å². The molecule has 3 heteroatoms. The molecule has 0 fully saturated rings. The molecule has 0 nitrogen and oxygen atoms in total. The van der Waals surface area contributed by atoms with Crippen LogP contribution in [-0.4, -0.2) is 0 Å². The predicted octanol–water partition coefficient (Wildman–Crippen LogP) is 5.03. The first-order valence-electron chi connectivity index (χ1n) is 3.28. The molecule has 0 aromatic rings. The van der Waals surface area contributed by atoms with Gasteiger partial charge >= 0.3 is 0 Å². The predicted molar refractivity (Wildman–Crippen MR) is 66.9 cm³/mol. The summed E-state index contributed by atoms with van der Waals surface area (Å²) in [6.07, 6.45) is 7.70. The van der Waals surface area contributed by atoms with Gasteiger partial charge in [0.05, 0.1) is 3.39 Å². The second-order valence-corrected chi connectivity index (χ2v) is 5.64. The molecule has 0 spiro atoms. The molecular formula is C9H9Br3. The van der Waals surface area contributed by atoms with Crippen LogP contribution in [0.15, 0.2) is 44.3 Å². The maximum atomic E-state index is 3.64. The first kappa shape index (κ1) is 12.4. The number of rotatable bonds is 3. The van der Waals surface area contributed by atoms with Crippen LogP contribution < -0.4 is 0 Å².